The van der Waals surface area contributed by atoms with Crippen LogP contribution in [0.1, 0.15) is 12.5 Å². The van der Waals surface area contributed by atoms with Crippen molar-refractivity contribution in [3.63, 3.8) is 0 Å². The lowest BCUT2D eigenvalue weighted by Gasteiger charge is -2.02. The van der Waals surface area contributed by atoms with E-state index in [-0.39, 0.29) is 11.7 Å². The Morgan fingerprint density at radius 2 is 1.69 bits per heavy atom. The highest BCUT2D eigenvalue weighted by Gasteiger charge is 2.24. The number of benzene rings is 3. The van der Waals surface area contributed by atoms with Gasteiger partial charge in [0.05, 0.1) is 28.6 Å². The van der Waals surface area contributed by atoms with Gasteiger partial charge in [-0.15, -0.1) is 0 Å². The number of rotatable bonds is 6. The predicted molar refractivity (Wildman–Crippen MR) is 127 cm³/mol. The fraction of sp³-hybridized carbons (Fsp3) is 0.0833. The highest BCUT2D eigenvalue weighted by Crippen LogP contribution is 2.32. The fourth-order valence-electron chi connectivity index (χ4n) is 2.85. The molecule has 1 amide bonds. The standard InChI is InChI=1S/C24H20N4O3S/c1-2-31-20-11-8-17(9-12-20)25-24-26-23(30)22(32-24)15-16-14-19(10-13-21(16)29)28-27-18-6-4-3-5-7-18/h3-15,29H,2H2,1H3,(H,25,26,30)/b22-15-,28-27?. The maximum absolute atomic E-state index is 12.4. The molecular weight excluding hydrogens is 424 g/mol. The van der Waals surface area contributed by atoms with Gasteiger partial charge in [0.2, 0.25) is 0 Å². The van der Waals surface area contributed by atoms with Gasteiger partial charge in [-0.1, -0.05) is 18.2 Å². The van der Waals surface area contributed by atoms with Gasteiger partial charge < -0.3 is 15.2 Å². The maximum Gasteiger partial charge on any atom is 0.264 e. The molecule has 3 aromatic carbocycles. The smallest absolute Gasteiger partial charge is 0.264 e. The molecule has 0 aromatic heterocycles. The van der Waals surface area contributed by atoms with E-state index in [0.29, 0.717) is 33.6 Å². The van der Waals surface area contributed by atoms with E-state index in [0.717, 1.165) is 11.4 Å². The van der Waals surface area contributed by atoms with Crippen LogP contribution in [0.2, 0.25) is 0 Å². The molecule has 32 heavy (non-hydrogen) atoms. The number of phenols is 1. The molecule has 2 N–H and O–H groups in total. The molecule has 1 heterocycles. The van der Waals surface area contributed by atoms with Crippen LogP contribution in [0.4, 0.5) is 17.1 Å². The van der Waals surface area contributed by atoms with Crippen LogP contribution in [0.15, 0.2) is 92.9 Å². The third-order valence-corrected chi connectivity index (χ3v) is 5.27. The van der Waals surface area contributed by atoms with Crippen molar-refractivity contribution in [2.45, 2.75) is 6.92 Å². The molecule has 4 rings (SSSR count). The van der Waals surface area contributed by atoms with Gasteiger partial charge in [0.15, 0.2) is 5.17 Å². The van der Waals surface area contributed by atoms with Crippen LogP contribution in [0.5, 0.6) is 11.5 Å². The number of azo groups is 1. The lowest BCUT2D eigenvalue weighted by Crippen LogP contribution is -2.19. The van der Waals surface area contributed by atoms with Crippen LogP contribution in [0.3, 0.4) is 0 Å². The first kappa shape index (κ1) is 21.3. The van der Waals surface area contributed by atoms with E-state index in [4.69, 9.17) is 4.74 Å². The number of phenolic OH excluding ortho intramolecular Hbond substituents is 1. The van der Waals surface area contributed by atoms with Crippen molar-refractivity contribution < 1.29 is 14.6 Å². The molecule has 1 aliphatic heterocycles. The first-order chi connectivity index (χ1) is 15.6. The molecule has 0 atom stereocenters. The van der Waals surface area contributed by atoms with E-state index in [1.807, 2.05) is 61.5 Å². The summed E-state index contributed by atoms with van der Waals surface area (Å²) in [5.74, 6) is 0.525. The molecule has 0 unspecified atom stereocenters. The van der Waals surface area contributed by atoms with Gasteiger partial charge in [-0.2, -0.15) is 10.2 Å². The summed E-state index contributed by atoms with van der Waals surface area (Å²) in [5, 5.41) is 21.8. The first-order valence-electron chi connectivity index (χ1n) is 9.93. The van der Waals surface area contributed by atoms with Crippen LogP contribution in [-0.2, 0) is 4.79 Å². The van der Waals surface area contributed by atoms with E-state index in [1.165, 1.54) is 17.8 Å². The fourth-order valence-corrected chi connectivity index (χ4v) is 3.69. The van der Waals surface area contributed by atoms with Crippen molar-refractivity contribution in [1.82, 2.24) is 5.32 Å². The van der Waals surface area contributed by atoms with Crippen molar-refractivity contribution >= 4 is 46.0 Å². The lowest BCUT2D eigenvalue weighted by molar-refractivity contribution is -0.115. The number of carbonyl (C=O) groups excluding carboxylic acids is 1. The molecular formula is C24H20N4O3S. The molecule has 160 valence electrons. The Hall–Kier alpha value is -3.91. The normalized spacial score (nSPS) is 16.1. The second-order valence-electron chi connectivity index (χ2n) is 6.69. The van der Waals surface area contributed by atoms with E-state index in [1.54, 1.807) is 18.2 Å². The van der Waals surface area contributed by atoms with Crippen molar-refractivity contribution in [2.75, 3.05) is 6.61 Å². The molecule has 3 aromatic rings. The second-order valence-corrected chi connectivity index (χ2v) is 7.72. The van der Waals surface area contributed by atoms with Gasteiger partial charge >= 0.3 is 0 Å². The van der Waals surface area contributed by atoms with Crippen LogP contribution >= 0.6 is 11.8 Å². The number of aliphatic imine (C=N–C) groups is 1. The highest BCUT2D eigenvalue weighted by molar-refractivity contribution is 8.18. The van der Waals surface area contributed by atoms with Gasteiger partial charge in [0.25, 0.3) is 5.91 Å². The molecule has 1 saturated heterocycles. The largest absolute Gasteiger partial charge is 0.507 e. The van der Waals surface area contributed by atoms with Gasteiger partial charge in [0.1, 0.15) is 11.5 Å². The quantitative estimate of drug-likeness (QED) is 0.355. The second kappa shape index (κ2) is 9.93. The van der Waals surface area contributed by atoms with Crippen molar-refractivity contribution in [3.8, 4) is 11.5 Å². The zero-order valence-electron chi connectivity index (χ0n) is 17.2. The summed E-state index contributed by atoms with van der Waals surface area (Å²) >= 11 is 1.20. The Kier molecular flexibility index (Phi) is 6.62. The Morgan fingerprint density at radius 3 is 2.44 bits per heavy atom. The van der Waals surface area contributed by atoms with Crippen LogP contribution in [0.25, 0.3) is 6.08 Å². The number of thioether (sulfide) groups is 1. The average molecular weight is 445 g/mol. The third kappa shape index (κ3) is 5.41. The Balaban J connectivity index is 1.52. The van der Waals surface area contributed by atoms with Crippen LogP contribution in [-0.4, -0.2) is 22.8 Å². The molecule has 8 heteroatoms. The van der Waals surface area contributed by atoms with E-state index in [9.17, 15) is 9.90 Å². The number of amidine groups is 1. The number of hydrogen-bond acceptors (Lipinski definition) is 7. The number of nitrogens with zero attached hydrogens (tertiary/aromatic N) is 3. The number of ether oxygens (including phenoxy) is 1. The van der Waals surface area contributed by atoms with Gasteiger partial charge in [-0.05, 0) is 79.4 Å². The minimum absolute atomic E-state index is 0.0430. The molecule has 0 saturated carbocycles. The number of aromatic hydroxyl groups is 1. The van der Waals surface area contributed by atoms with Crippen LogP contribution < -0.4 is 10.1 Å². The SMILES string of the molecule is CCOc1ccc(N=C2NC(=O)/C(=C/c3cc(N=Nc4ccccc4)ccc3O)S2)cc1. The van der Waals surface area contributed by atoms with Crippen molar-refractivity contribution in [1.29, 1.82) is 0 Å². The van der Waals surface area contributed by atoms with Crippen molar-refractivity contribution in [2.24, 2.45) is 15.2 Å². The minimum Gasteiger partial charge on any atom is -0.507 e. The monoisotopic (exact) mass is 444 g/mol. The van der Waals surface area contributed by atoms with Gasteiger partial charge in [-0.25, -0.2) is 4.99 Å². The zero-order chi connectivity index (χ0) is 22.3. The molecule has 1 fully saturated rings. The number of amides is 1. The summed E-state index contributed by atoms with van der Waals surface area (Å²) in [4.78, 5) is 17.3. The Morgan fingerprint density at radius 1 is 0.969 bits per heavy atom. The Bertz CT molecular complexity index is 1210. The lowest BCUT2D eigenvalue weighted by atomic mass is 10.1. The summed E-state index contributed by atoms with van der Waals surface area (Å²) < 4.78 is 5.42. The number of carbonyl (C=O) groups is 1. The summed E-state index contributed by atoms with van der Waals surface area (Å²) in [7, 11) is 0. The zero-order valence-corrected chi connectivity index (χ0v) is 18.0. The number of nitrogens with one attached hydrogen (secondary N) is 1. The molecule has 0 spiro atoms. The topological polar surface area (TPSA) is 95.6 Å². The van der Waals surface area contributed by atoms with E-state index in [2.05, 4.69) is 20.5 Å². The van der Waals surface area contributed by atoms with Crippen LogP contribution in [0, 0.1) is 0 Å². The molecule has 0 bridgehead atoms. The summed E-state index contributed by atoms with van der Waals surface area (Å²) in [6, 6.07) is 21.5. The summed E-state index contributed by atoms with van der Waals surface area (Å²) in [5.41, 5.74) is 2.45. The predicted octanol–water partition coefficient (Wildman–Crippen LogP) is 6.10. The summed E-state index contributed by atoms with van der Waals surface area (Å²) in [6.07, 6.45) is 1.61. The Labute approximate surface area is 189 Å². The van der Waals surface area contributed by atoms with E-state index < -0.39 is 0 Å². The highest BCUT2D eigenvalue weighted by atomic mass is 32.2. The first-order valence-corrected chi connectivity index (χ1v) is 10.7. The third-order valence-electron chi connectivity index (χ3n) is 4.36. The average Bonchev–Trinajstić information content (AvgIpc) is 3.15. The van der Waals surface area contributed by atoms with Gasteiger partial charge in [-0.3, -0.25) is 4.79 Å². The maximum atomic E-state index is 12.4. The molecule has 0 radical (unpaired) electrons. The minimum atomic E-state index is -0.282. The molecule has 0 aliphatic carbocycles. The summed E-state index contributed by atoms with van der Waals surface area (Å²) in [6.45, 7) is 2.52. The van der Waals surface area contributed by atoms with E-state index >= 15 is 0 Å². The number of hydrogen-bond donors (Lipinski definition) is 2. The van der Waals surface area contributed by atoms with Gasteiger partial charge in [0, 0.05) is 5.56 Å². The molecule has 1 aliphatic rings. The van der Waals surface area contributed by atoms with Crippen molar-refractivity contribution in [3.05, 3.63) is 83.3 Å². The molecule has 7 nitrogen and oxygen atoms in total.